The van der Waals surface area contributed by atoms with Gasteiger partial charge in [-0.05, 0) is 62.8 Å². The summed E-state index contributed by atoms with van der Waals surface area (Å²) in [6.07, 6.45) is 4.04. The number of hydrogen-bond acceptors (Lipinski definition) is 2. The standard InChI is InChI=1S/C19H29FN4/c1-3-21-19(22-11-15-5-4-14(2)18(20)10-15)23-12-16-8-9-24(13-16)17-6-7-17/h4-5,10,16-17H,3,6-9,11-13H2,1-2H3,(H2,21,22,23). The normalized spacial score (nSPS) is 22.0. The lowest BCUT2D eigenvalue weighted by atomic mass is 10.1. The van der Waals surface area contributed by atoms with Crippen LogP contribution < -0.4 is 10.6 Å². The Labute approximate surface area is 144 Å². The molecule has 4 nitrogen and oxygen atoms in total. The van der Waals surface area contributed by atoms with Crippen LogP contribution in [0.4, 0.5) is 4.39 Å². The van der Waals surface area contributed by atoms with E-state index in [9.17, 15) is 4.39 Å². The molecule has 1 heterocycles. The van der Waals surface area contributed by atoms with Gasteiger partial charge in [-0.25, -0.2) is 9.38 Å². The second-order valence-corrected chi connectivity index (χ2v) is 7.04. The van der Waals surface area contributed by atoms with Crippen molar-refractivity contribution >= 4 is 5.96 Å². The van der Waals surface area contributed by atoms with Gasteiger partial charge in [0.05, 0.1) is 6.54 Å². The van der Waals surface area contributed by atoms with Crippen LogP contribution in [0, 0.1) is 18.7 Å². The zero-order valence-electron chi connectivity index (χ0n) is 14.8. The van der Waals surface area contributed by atoms with Crippen LogP contribution in [0.2, 0.25) is 0 Å². The molecule has 24 heavy (non-hydrogen) atoms. The molecule has 2 fully saturated rings. The quantitative estimate of drug-likeness (QED) is 0.621. The van der Waals surface area contributed by atoms with Crippen molar-refractivity contribution in [1.82, 2.24) is 15.5 Å². The molecule has 0 spiro atoms. The van der Waals surface area contributed by atoms with Gasteiger partial charge in [-0.15, -0.1) is 0 Å². The predicted molar refractivity (Wildman–Crippen MR) is 96.7 cm³/mol. The molecule has 1 aromatic carbocycles. The van der Waals surface area contributed by atoms with Gasteiger partial charge >= 0.3 is 0 Å². The Morgan fingerprint density at radius 1 is 1.29 bits per heavy atom. The molecule has 1 saturated carbocycles. The van der Waals surface area contributed by atoms with Crippen molar-refractivity contribution in [3.8, 4) is 0 Å². The van der Waals surface area contributed by atoms with Crippen LogP contribution in [0.25, 0.3) is 0 Å². The number of aryl methyl sites for hydroxylation is 1. The molecule has 0 radical (unpaired) electrons. The van der Waals surface area contributed by atoms with Crippen molar-refractivity contribution in [3.05, 3.63) is 35.1 Å². The Morgan fingerprint density at radius 3 is 2.83 bits per heavy atom. The first kappa shape index (κ1) is 17.2. The van der Waals surface area contributed by atoms with Crippen molar-refractivity contribution in [2.24, 2.45) is 10.9 Å². The number of rotatable bonds is 6. The average molecular weight is 332 g/mol. The second-order valence-electron chi connectivity index (χ2n) is 7.04. The van der Waals surface area contributed by atoms with Gasteiger partial charge in [-0.1, -0.05) is 12.1 Å². The predicted octanol–water partition coefficient (Wildman–Crippen LogP) is 2.67. The molecule has 0 aromatic heterocycles. The molecule has 0 bridgehead atoms. The highest BCUT2D eigenvalue weighted by atomic mass is 19.1. The van der Waals surface area contributed by atoms with E-state index in [0.29, 0.717) is 18.0 Å². The van der Waals surface area contributed by atoms with Crippen LogP contribution in [0.5, 0.6) is 0 Å². The zero-order chi connectivity index (χ0) is 16.9. The zero-order valence-corrected chi connectivity index (χ0v) is 14.8. The monoisotopic (exact) mass is 332 g/mol. The van der Waals surface area contributed by atoms with E-state index in [1.54, 1.807) is 13.0 Å². The minimum Gasteiger partial charge on any atom is -0.357 e. The molecule has 1 unspecified atom stereocenters. The Morgan fingerprint density at radius 2 is 2.12 bits per heavy atom. The minimum atomic E-state index is -0.160. The fourth-order valence-corrected chi connectivity index (χ4v) is 3.29. The third-order valence-corrected chi connectivity index (χ3v) is 4.94. The maximum absolute atomic E-state index is 13.6. The Bertz CT molecular complexity index is 583. The summed E-state index contributed by atoms with van der Waals surface area (Å²) >= 11 is 0. The van der Waals surface area contributed by atoms with Gasteiger partial charge in [0.1, 0.15) is 5.82 Å². The van der Waals surface area contributed by atoms with E-state index >= 15 is 0 Å². The third kappa shape index (κ3) is 4.69. The lowest BCUT2D eigenvalue weighted by molar-refractivity contribution is 0.314. The molecular formula is C19H29FN4. The van der Waals surface area contributed by atoms with Crippen molar-refractivity contribution in [2.75, 3.05) is 26.2 Å². The lowest BCUT2D eigenvalue weighted by Crippen LogP contribution is -2.40. The van der Waals surface area contributed by atoms with Crippen molar-refractivity contribution in [2.45, 2.75) is 45.7 Å². The molecule has 2 aliphatic rings. The van der Waals surface area contributed by atoms with Crippen molar-refractivity contribution in [3.63, 3.8) is 0 Å². The van der Waals surface area contributed by atoms with Gasteiger partial charge in [-0.2, -0.15) is 0 Å². The molecule has 0 amide bonds. The molecule has 1 aliphatic heterocycles. The summed E-state index contributed by atoms with van der Waals surface area (Å²) in [6.45, 7) is 8.57. The van der Waals surface area contributed by atoms with E-state index < -0.39 is 0 Å². The van der Waals surface area contributed by atoms with Crippen LogP contribution in [0.3, 0.4) is 0 Å². The van der Waals surface area contributed by atoms with E-state index in [4.69, 9.17) is 0 Å². The highest BCUT2D eigenvalue weighted by Gasteiger charge is 2.34. The molecule has 5 heteroatoms. The molecular weight excluding hydrogens is 303 g/mol. The Hall–Kier alpha value is -1.62. The van der Waals surface area contributed by atoms with Crippen LogP contribution in [0.15, 0.2) is 23.2 Å². The maximum Gasteiger partial charge on any atom is 0.191 e. The van der Waals surface area contributed by atoms with E-state index in [2.05, 4.69) is 27.4 Å². The number of benzene rings is 1. The summed E-state index contributed by atoms with van der Waals surface area (Å²) < 4.78 is 13.6. The van der Waals surface area contributed by atoms with E-state index in [1.165, 1.54) is 32.4 Å². The summed E-state index contributed by atoms with van der Waals surface area (Å²) in [4.78, 5) is 7.23. The van der Waals surface area contributed by atoms with Crippen LogP contribution in [0.1, 0.15) is 37.3 Å². The van der Waals surface area contributed by atoms with Crippen LogP contribution >= 0.6 is 0 Å². The number of nitrogens with zero attached hydrogens (tertiary/aromatic N) is 2. The van der Waals surface area contributed by atoms with Gasteiger partial charge in [0.25, 0.3) is 0 Å². The van der Waals surface area contributed by atoms with E-state index in [0.717, 1.165) is 30.7 Å². The average Bonchev–Trinajstić information content (AvgIpc) is 3.32. The number of aliphatic imine (C=N–C) groups is 1. The first-order valence-corrected chi connectivity index (χ1v) is 9.17. The second kappa shape index (κ2) is 7.97. The molecule has 132 valence electrons. The van der Waals surface area contributed by atoms with Gasteiger partial charge in [-0.3, -0.25) is 0 Å². The van der Waals surface area contributed by atoms with E-state index in [1.807, 2.05) is 12.1 Å². The highest BCUT2D eigenvalue weighted by molar-refractivity contribution is 5.79. The summed E-state index contributed by atoms with van der Waals surface area (Å²) in [7, 11) is 0. The summed E-state index contributed by atoms with van der Waals surface area (Å²) in [6, 6.07) is 6.20. The first-order valence-electron chi connectivity index (χ1n) is 9.17. The Balaban J connectivity index is 1.50. The molecule has 1 saturated heterocycles. The maximum atomic E-state index is 13.6. The number of nitrogens with one attached hydrogen (secondary N) is 2. The third-order valence-electron chi connectivity index (χ3n) is 4.94. The summed E-state index contributed by atoms with van der Waals surface area (Å²) in [5, 5.41) is 6.74. The lowest BCUT2D eigenvalue weighted by Gasteiger charge is -2.17. The molecule has 2 N–H and O–H groups in total. The number of likely N-dealkylation sites (tertiary alicyclic amines) is 1. The summed E-state index contributed by atoms with van der Waals surface area (Å²) in [5.41, 5.74) is 1.57. The molecule has 1 aliphatic carbocycles. The molecule has 1 aromatic rings. The van der Waals surface area contributed by atoms with Crippen molar-refractivity contribution in [1.29, 1.82) is 0 Å². The fraction of sp³-hybridized carbons (Fsp3) is 0.632. The minimum absolute atomic E-state index is 0.160. The van der Waals surface area contributed by atoms with Gasteiger partial charge in [0.2, 0.25) is 0 Å². The van der Waals surface area contributed by atoms with Gasteiger partial charge < -0.3 is 15.5 Å². The topological polar surface area (TPSA) is 39.7 Å². The van der Waals surface area contributed by atoms with Crippen LogP contribution in [-0.4, -0.2) is 43.1 Å². The summed E-state index contributed by atoms with van der Waals surface area (Å²) in [5.74, 6) is 1.36. The largest absolute Gasteiger partial charge is 0.357 e. The van der Waals surface area contributed by atoms with Crippen molar-refractivity contribution < 1.29 is 4.39 Å². The number of guanidine groups is 1. The highest BCUT2D eigenvalue weighted by Crippen LogP contribution is 2.31. The van der Waals surface area contributed by atoms with Gasteiger partial charge in [0, 0.05) is 25.7 Å². The SMILES string of the molecule is CCNC(=NCc1ccc(C)c(F)c1)NCC1CCN(C2CC2)C1. The smallest absolute Gasteiger partial charge is 0.191 e. The molecule has 1 atom stereocenters. The number of halogens is 1. The van der Waals surface area contributed by atoms with Gasteiger partial charge in [0.15, 0.2) is 5.96 Å². The fourth-order valence-electron chi connectivity index (χ4n) is 3.29. The number of hydrogen-bond donors (Lipinski definition) is 2. The molecule has 3 rings (SSSR count). The van der Waals surface area contributed by atoms with Crippen LogP contribution in [-0.2, 0) is 6.54 Å². The first-order chi connectivity index (χ1) is 11.7. The Kier molecular flexibility index (Phi) is 5.72. The van der Waals surface area contributed by atoms with E-state index in [-0.39, 0.29) is 5.82 Å².